The fraction of sp³-hybridized carbons (Fsp3) is 0.778. The van der Waals surface area contributed by atoms with Crippen LogP contribution in [0.4, 0.5) is 0 Å². The zero-order valence-corrected chi connectivity index (χ0v) is 7.85. The third-order valence-corrected chi connectivity index (χ3v) is 2.35. The van der Waals surface area contributed by atoms with Gasteiger partial charge < -0.3 is 9.84 Å². The molecule has 0 aromatic heterocycles. The van der Waals surface area contributed by atoms with Crippen LogP contribution < -0.4 is 0 Å². The van der Waals surface area contributed by atoms with Gasteiger partial charge in [0.2, 0.25) is 0 Å². The van der Waals surface area contributed by atoms with E-state index in [1.165, 1.54) is 0 Å². The van der Waals surface area contributed by atoms with Crippen molar-refractivity contribution in [2.45, 2.75) is 38.4 Å². The van der Waals surface area contributed by atoms with Crippen molar-refractivity contribution >= 4 is 0 Å². The largest absolute Gasteiger partial charge is 0.387 e. The molecule has 0 fully saturated rings. The highest BCUT2D eigenvalue weighted by molar-refractivity contribution is 4.95. The Morgan fingerprint density at radius 3 is 2.18 bits per heavy atom. The first-order chi connectivity index (χ1) is 4.87. The maximum Gasteiger partial charge on any atom is 0.0936 e. The van der Waals surface area contributed by atoms with Crippen LogP contribution in [-0.2, 0) is 4.74 Å². The molecule has 2 nitrogen and oxygen atoms in total. The summed E-state index contributed by atoms with van der Waals surface area (Å²) in [7, 11) is 1.59. The van der Waals surface area contributed by atoms with Crippen LogP contribution in [0.25, 0.3) is 0 Å². The van der Waals surface area contributed by atoms with E-state index in [0.717, 1.165) is 0 Å². The maximum absolute atomic E-state index is 9.85. The lowest BCUT2D eigenvalue weighted by Crippen LogP contribution is -2.48. The van der Waals surface area contributed by atoms with Gasteiger partial charge in [0.15, 0.2) is 0 Å². The second kappa shape index (κ2) is 3.37. The molecule has 0 saturated carbocycles. The number of hydrogen-bond acceptors (Lipinski definition) is 2. The fourth-order valence-electron chi connectivity index (χ4n) is 0.747. The molecule has 0 amide bonds. The Bertz CT molecular complexity index is 136. The van der Waals surface area contributed by atoms with Gasteiger partial charge >= 0.3 is 0 Å². The molecule has 0 aliphatic rings. The second-order valence-corrected chi connectivity index (χ2v) is 3.48. The Morgan fingerprint density at radius 1 is 1.45 bits per heavy atom. The third kappa shape index (κ3) is 2.31. The van der Waals surface area contributed by atoms with Crippen molar-refractivity contribution in [1.82, 2.24) is 0 Å². The first-order valence-electron chi connectivity index (χ1n) is 3.76. The molecule has 1 N–H and O–H groups in total. The minimum absolute atomic E-state index is 0.527. The van der Waals surface area contributed by atoms with Gasteiger partial charge in [-0.15, -0.1) is 6.58 Å². The molecule has 0 saturated heterocycles. The quantitative estimate of drug-likeness (QED) is 0.631. The number of rotatable bonds is 4. The smallest absolute Gasteiger partial charge is 0.0936 e. The highest BCUT2D eigenvalue weighted by atomic mass is 16.5. The molecule has 2 heteroatoms. The second-order valence-electron chi connectivity index (χ2n) is 3.48. The Balaban J connectivity index is 4.38. The van der Waals surface area contributed by atoms with Gasteiger partial charge in [-0.2, -0.15) is 0 Å². The van der Waals surface area contributed by atoms with Crippen molar-refractivity contribution in [2.75, 3.05) is 7.11 Å². The summed E-state index contributed by atoms with van der Waals surface area (Å²) in [5.74, 6) is 0. The Kier molecular flexibility index (Phi) is 3.27. The van der Waals surface area contributed by atoms with Crippen molar-refractivity contribution in [3.05, 3.63) is 12.7 Å². The molecule has 66 valence electrons. The van der Waals surface area contributed by atoms with E-state index >= 15 is 0 Å². The molecule has 0 aliphatic heterocycles. The van der Waals surface area contributed by atoms with Crippen LogP contribution in [0.2, 0.25) is 0 Å². The number of hydrogen-bond donors (Lipinski definition) is 1. The van der Waals surface area contributed by atoms with E-state index in [1.807, 2.05) is 13.8 Å². The maximum atomic E-state index is 9.85. The predicted molar refractivity (Wildman–Crippen MR) is 46.5 cm³/mol. The van der Waals surface area contributed by atoms with Crippen LogP contribution >= 0.6 is 0 Å². The van der Waals surface area contributed by atoms with Crippen molar-refractivity contribution in [3.63, 3.8) is 0 Å². The van der Waals surface area contributed by atoms with Crippen LogP contribution in [-0.4, -0.2) is 23.4 Å². The lowest BCUT2D eigenvalue weighted by atomic mass is 9.85. The zero-order valence-electron chi connectivity index (χ0n) is 7.85. The summed E-state index contributed by atoms with van der Waals surface area (Å²) in [5.41, 5.74) is -1.37. The van der Waals surface area contributed by atoms with Crippen molar-refractivity contribution in [1.29, 1.82) is 0 Å². The van der Waals surface area contributed by atoms with E-state index in [9.17, 15) is 5.11 Å². The van der Waals surface area contributed by atoms with Crippen LogP contribution in [0.5, 0.6) is 0 Å². The van der Waals surface area contributed by atoms with Gasteiger partial charge in [-0.1, -0.05) is 6.08 Å². The van der Waals surface area contributed by atoms with Crippen LogP contribution in [0, 0.1) is 0 Å². The molecular formula is C9H18O2. The first kappa shape index (κ1) is 10.7. The van der Waals surface area contributed by atoms with E-state index in [4.69, 9.17) is 4.74 Å². The van der Waals surface area contributed by atoms with E-state index in [1.54, 1.807) is 20.1 Å². The Hall–Kier alpha value is -0.340. The summed E-state index contributed by atoms with van der Waals surface area (Å²) < 4.78 is 5.16. The van der Waals surface area contributed by atoms with Gasteiger partial charge in [0.05, 0.1) is 11.2 Å². The molecule has 0 aliphatic carbocycles. The summed E-state index contributed by atoms with van der Waals surface area (Å²) in [4.78, 5) is 0. The Morgan fingerprint density at radius 2 is 1.91 bits per heavy atom. The van der Waals surface area contributed by atoms with E-state index < -0.39 is 11.2 Å². The summed E-state index contributed by atoms with van der Waals surface area (Å²) in [6, 6.07) is 0. The van der Waals surface area contributed by atoms with Gasteiger partial charge in [0.25, 0.3) is 0 Å². The van der Waals surface area contributed by atoms with Crippen molar-refractivity contribution in [2.24, 2.45) is 0 Å². The minimum atomic E-state index is -0.844. The number of ether oxygens (including phenoxy) is 1. The summed E-state index contributed by atoms with van der Waals surface area (Å²) in [5, 5.41) is 9.85. The van der Waals surface area contributed by atoms with Gasteiger partial charge in [-0.3, -0.25) is 0 Å². The molecule has 1 unspecified atom stereocenters. The standard InChI is InChI=1S/C9H18O2/c1-6-7-9(4,10)8(2,3)11-5/h6,10H,1,7H2,2-5H3. The lowest BCUT2D eigenvalue weighted by molar-refractivity contribution is -0.138. The number of aliphatic hydroxyl groups is 1. The molecule has 0 heterocycles. The molecular weight excluding hydrogens is 140 g/mol. The third-order valence-electron chi connectivity index (χ3n) is 2.35. The van der Waals surface area contributed by atoms with Crippen LogP contribution in [0.15, 0.2) is 12.7 Å². The van der Waals surface area contributed by atoms with E-state index in [0.29, 0.717) is 6.42 Å². The van der Waals surface area contributed by atoms with Gasteiger partial charge in [0.1, 0.15) is 0 Å². The van der Waals surface area contributed by atoms with Crippen molar-refractivity contribution < 1.29 is 9.84 Å². The van der Waals surface area contributed by atoms with Crippen LogP contribution in [0.1, 0.15) is 27.2 Å². The summed E-state index contributed by atoms with van der Waals surface area (Å²) in [6.45, 7) is 9.04. The lowest BCUT2D eigenvalue weighted by Gasteiger charge is -2.38. The fourth-order valence-corrected chi connectivity index (χ4v) is 0.747. The minimum Gasteiger partial charge on any atom is -0.387 e. The first-order valence-corrected chi connectivity index (χ1v) is 3.76. The highest BCUT2D eigenvalue weighted by Crippen LogP contribution is 2.27. The van der Waals surface area contributed by atoms with E-state index in [-0.39, 0.29) is 0 Å². The summed E-state index contributed by atoms with van der Waals surface area (Å²) >= 11 is 0. The SMILES string of the molecule is C=CCC(C)(O)C(C)(C)OC. The molecule has 11 heavy (non-hydrogen) atoms. The van der Waals surface area contributed by atoms with Gasteiger partial charge in [0, 0.05) is 7.11 Å². The average Bonchev–Trinajstić information content (AvgIpc) is 1.87. The van der Waals surface area contributed by atoms with Crippen LogP contribution in [0.3, 0.4) is 0 Å². The molecule has 0 radical (unpaired) electrons. The monoisotopic (exact) mass is 158 g/mol. The average molecular weight is 158 g/mol. The molecule has 0 aromatic rings. The van der Waals surface area contributed by atoms with E-state index in [2.05, 4.69) is 6.58 Å². The predicted octanol–water partition coefficient (Wildman–Crippen LogP) is 1.74. The molecule has 0 rings (SSSR count). The highest BCUT2D eigenvalue weighted by Gasteiger charge is 2.38. The van der Waals surface area contributed by atoms with Gasteiger partial charge in [-0.25, -0.2) is 0 Å². The topological polar surface area (TPSA) is 29.5 Å². The zero-order chi connectivity index (χ0) is 9.12. The van der Waals surface area contributed by atoms with Crippen molar-refractivity contribution in [3.8, 4) is 0 Å². The number of methoxy groups -OCH3 is 1. The molecule has 0 spiro atoms. The van der Waals surface area contributed by atoms with Gasteiger partial charge in [-0.05, 0) is 27.2 Å². The molecule has 0 bridgehead atoms. The Labute approximate surface area is 68.9 Å². The molecule has 1 atom stereocenters. The molecule has 0 aromatic carbocycles. The summed E-state index contributed by atoms with van der Waals surface area (Å²) in [6.07, 6.45) is 2.23. The normalized spacial score (nSPS) is 17.5.